The summed E-state index contributed by atoms with van der Waals surface area (Å²) in [6, 6.07) is 0. The molecule has 0 saturated heterocycles. The summed E-state index contributed by atoms with van der Waals surface area (Å²) in [5.74, 6) is 0. The van der Waals surface area contributed by atoms with Crippen LogP contribution < -0.4 is 5.73 Å². The standard InChI is InChI=1S/C23H50NO6P/c1-2-3-4-5-6-7-8-9-10-11-12-13-14-15-16-17-18-23(22(26)21-25)30-31(27,28)29-20-19-24/h22-23,25-26H,2-21,24H2,1H3,(H,27,28)/t22-,23?/m0/s1. The molecule has 0 amide bonds. The molecular weight excluding hydrogens is 417 g/mol. The highest BCUT2D eigenvalue weighted by molar-refractivity contribution is 7.47. The highest BCUT2D eigenvalue weighted by atomic mass is 31.2. The molecule has 0 rings (SSSR count). The number of aliphatic hydroxyl groups is 2. The first-order valence-corrected chi connectivity index (χ1v) is 14.1. The zero-order valence-corrected chi connectivity index (χ0v) is 20.8. The van der Waals surface area contributed by atoms with Gasteiger partial charge < -0.3 is 20.8 Å². The summed E-state index contributed by atoms with van der Waals surface area (Å²) in [7, 11) is -4.27. The van der Waals surface area contributed by atoms with Crippen LogP contribution >= 0.6 is 7.82 Å². The average molecular weight is 468 g/mol. The van der Waals surface area contributed by atoms with E-state index in [0.29, 0.717) is 6.42 Å². The van der Waals surface area contributed by atoms with Crippen molar-refractivity contribution in [1.82, 2.24) is 0 Å². The molecule has 0 spiro atoms. The Bertz CT molecular complexity index is 427. The van der Waals surface area contributed by atoms with E-state index < -0.39 is 26.6 Å². The van der Waals surface area contributed by atoms with Gasteiger partial charge in [-0.3, -0.25) is 9.05 Å². The van der Waals surface area contributed by atoms with E-state index in [1.54, 1.807) is 0 Å². The Morgan fingerprint density at radius 1 is 0.806 bits per heavy atom. The fourth-order valence-corrected chi connectivity index (χ4v) is 4.68. The number of aliphatic hydroxyl groups excluding tert-OH is 2. The molecule has 0 heterocycles. The second-order valence-electron chi connectivity index (χ2n) is 8.58. The van der Waals surface area contributed by atoms with E-state index in [2.05, 4.69) is 6.92 Å². The summed E-state index contributed by atoms with van der Waals surface area (Å²) in [6.07, 6.45) is 18.5. The first kappa shape index (κ1) is 31.0. The van der Waals surface area contributed by atoms with Crippen LogP contribution in [0.1, 0.15) is 116 Å². The molecule has 188 valence electrons. The van der Waals surface area contributed by atoms with Gasteiger partial charge in [-0.2, -0.15) is 0 Å². The zero-order valence-electron chi connectivity index (χ0n) is 19.9. The van der Waals surface area contributed by atoms with E-state index in [1.165, 1.54) is 83.5 Å². The monoisotopic (exact) mass is 467 g/mol. The Kier molecular flexibility index (Phi) is 21.8. The van der Waals surface area contributed by atoms with Crippen molar-refractivity contribution in [3.8, 4) is 0 Å². The Morgan fingerprint density at radius 3 is 1.61 bits per heavy atom. The van der Waals surface area contributed by atoms with Crippen molar-refractivity contribution in [2.24, 2.45) is 5.73 Å². The van der Waals surface area contributed by atoms with Crippen LogP contribution in [0.25, 0.3) is 0 Å². The van der Waals surface area contributed by atoms with E-state index in [0.717, 1.165) is 19.3 Å². The number of rotatable bonds is 24. The maximum absolute atomic E-state index is 11.8. The molecule has 31 heavy (non-hydrogen) atoms. The lowest BCUT2D eigenvalue weighted by Gasteiger charge is -2.24. The third-order valence-corrected chi connectivity index (χ3v) is 6.65. The number of hydrogen-bond acceptors (Lipinski definition) is 6. The highest BCUT2D eigenvalue weighted by Crippen LogP contribution is 2.45. The topological polar surface area (TPSA) is 122 Å². The highest BCUT2D eigenvalue weighted by Gasteiger charge is 2.30. The van der Waals surface area contributed by atoms with Crippen molar-refractivity contribution in [2.75, 3.05) is 19.8 Å². The molecule has 0 radical (unpaired) electrons. The predicted molar refractivity (Wildman–Crippen MR) is 127 cm³/mol. The Balaban J connectivity index is 3.64. The molecule has 0 aromatic heterocycles. The first-order valence-electron chi connectivity index (χ1n) is 12.6. The molecule has 0 bridgehead atoms. The van der Waals surface area contributed by atoms with Crippen LogP contribution in [0.5, 0.6) is 0 Å². The molecule has 0 aliphatic heterocycles. The minimum absolute atomic E-state index is 0.0975. The molecule has 5 N–H and O–H groups in total. The van der Waals surface area contributed by atoms with E-state index in [9.17, 15) is 14.6 Å². The summed E-state index contributed by atoms with van der Waals surface area (Å²) in [5.41, 5.74) is 5.25. The van der Waals surface area contributed by atoms with Crippen LogP contribution in [0.4, 0.5) is 0 Å². The van der Waals surface area contributed by atoms with Crippen LogP contribution in [0, 0.1) is 0 Å². The van der Waals surface area contributed by atoms with Crippen molar-refractivity contribution >= 4 is 7.82 Å². The van der Waals surface area contributed by atoms with E-state index in [-0.39, 0.29) is 13.2 Å². The van der Waals surface area contributed by atoms with Crippen LogP contribution in [0.15, 0.2) is 0 Å². The van der Waals surface area contributed by atoms with Crippen molar-refractivity contribution in [3.63, 3.8) is 0 Å². The Labute approximate surface area is 190 Å². The fourth-order valence-electron chi connectivity index (χ4n) is 3.70. The van der Waals surface area contributed by atoms with Crippen LogP contribution in [-0.2, 0) is 13.6 Å². The van der Waals surface area contributed by atoms with Gasteiger partial charge in [0.2, 0.25) is 0 Å². The molecule has 7 nitrogen and oxygen atoms in total. The summed E-state index contributed by atoms with van der Waals surface area (Å²) in [6.45, 7) is 1.73. The molecular formula is C23H50NO6P. The molecule has 0 aliphatic carbocycles. The van der Waals surface area contributed by atoms with Gasteiger partial charge in [0.1, 0.15) is 6.10 Å². The van der Waals surface area contributed by atoms with Crippen molar-refractivity contribution in [2.45, 2.75) is 128 Å². The quantitative estimate of drug-likeness (QED) is 0.110. The van der Waals surface area contributed by atoms with Gasteiger partial charge in [0, 0.05) is 6.54 Å². The lowest BCUT2D eigenvalue weighted by atomic mass is 10.0. The average Bonchev–Trinajstić information content (AvgIpc) is 2.76. The molecule has 8 heteroatoms. The number of phosphoric acid groups is 1. The lowest BCUT2D eigenvalue weighted by molar-refractivity contribution is -0.0220. The normalized spacial score (nSPS) is 15.6. The third kappa shape index (κ3) is 20.3. The smallest absolute Gasteiger partial charge is 0.394 e. The zero-order chi connectivity index (χ0) is 23.2. The number of nitrogens with two attached hydrogens (primary N) is 1. The molecule has 0 aromatic rings. The Hall–Kier alpha value is -0.0100. The minimum Gasteiger partial charge on any atom is -0.394 e. The van der Waals surface area contributed by atoms with Gasteiger partial charge in [-0.25, -0.2) is 4.57 Å². The summed E-state index contributed by atoms with van der Waals surface area (Å²) in [4.78, 5) is 9.66. The maximum atomic E-state index is 11.8. The lowest BCUT2D eigenvalue weighted by Crippen LogP contribution is -2.31. The first-order chi connectivity index (χ1) is 15.0. The SMILES string of the molecule is CCCCCCCCCCCCCCCCCCC(OP(=O)(O)OCCN)[C@@H](O)CO. The molecule has 0 saturated carbocycles. The van der Waals surface area contributed by atoms with Crippen LogP contribution in [0.2, 0.25) is 0 Å². The van der Waals surface area contributed by atoms with Gasteiger partial charge in [0.05, 0.1) is 19.3 Å². The van der Waals surface area contributed by atoms with Crippen molar-refractivity contribution < 1.29 is 28.7 Å². The van der Waals surface area contributed by atoms with Gasteiger partial charge in [-0.15, -0.1) is 0 Å². The van der Waals surface area contributed by atoms with Gasteiger partial charge in [0.25, 0.3) is 0 Å². The molecule has 0 aliphatic rings. The van der Waals surface area contributed by atoms with Gasteiger partial charge in [-0.05, 0) is 6.42 Å². The van der Waals surface area contributed by atoms with Crippen molar-refractivity contribution in [3.05, 3.63) is 0 Å². The molecule has 2 unspecified atom stereocenters. The summed E-state index contributed by atoms with van der Waals surface area (Å²) in [5, 5.41) is 19.0. The molecule has 0 fully saturated rings. The predicted octanol–water partition coefficient (Wildman–Crippen LogP) is 5.45. The largest absolute Gasteiger partial charge is 0.472 e. The molecule has 3 atom stereocenters. The third-order valence-electron chi connectivity index (χ3n) is 5.60. The Morgan fingerprint density at radius 2 is 1.23 bits per heavy atom. The molecule has 0 aromatic carbocycles. The van der Waals surface area contributed by atoms with E-state index in [1.807, 2.05) is 0 Å². The fraction of sp³-hybridized carbons (Fsp3) is 1.00. The number of hydrogen-bond donors (Lipinski definition) is 4. The second-order valence-corrected chi connectivity index (χ2v) is 9.98. The van der Waals surface area contributed by atoms with Crippen LogP contribution in [-0.4, -0.2) is 47.1 Å². The van der Waals surface area contributed by atoms with Gasteiger partial charge >= 0.3 is 7.82 Å². The van der Waals surface area contributed by atoms with Gasteiger partial charge in [-0.1, -0.05) is 110 Å². The summed E-state index contributed by atoms with van der Waals surface area (Å²) < 4.78 is 21.6. The van der Waals surface area contributed by atoms with E-state index in [4.69, 9.17) is 19.9 Å². The number of phosphoric ester groups is 1. The van der Waals surface area contributed by atoms with Crippen LogP contribution in [0.3, 0.4) is 0 Å². The van der Waals surface area contributed by atoms with Gasteiger partial charge in [0.15, 0.2) is 0 Å². The van der Waals surface area contributed by atoms with Crippen molar-refractivity contribution in [1.29, 1.82) is 0 Å². The van der Waals surface area contributed by atoms with E-state index >= 15 is 0 Å². The maximum Gasteiger partial charge on any atom is 0.472 e. The minimum atomic E-state index is -4.27. The number of unbranched alkanes of at least 4 members (excludes halogenated alkanes) is 15. The second kappa shape index (κ2) is 21.8. The summed E-state index contributed by atoms with van der Waals surface area (Å²) >= 11 is 0.